The molecule has 2 nitrogen and oxygen atoms in total. The van der Waals surface area contributed by atoms with Crippen LogP contribution in [-0.2, 0) is 6.54 Å². The number of hydrogen-bond donors (Lipinski definition) is 0. The zero-order chi connectivity index (χ0) is 21.7. The van der Waals surface area contributed by atoms with Crippen molar-refractivity contribution in [2.24, 2.45) is 0 Å². The van der Waals surface area contributed by atoms with Crippen molar-refractivity contribution in [3.8, 4) is 0 Å². The summed E-state index contributed by atoms with van der Waals surface area (Å²) in [5, 5.41) is 0. The predicted octanol–water partition coefficient (Wildman–Crippen LogP) is 4.27. The lowest BCUT2D eigenvalue weighted by Crippen LogP contribution is -3.00. The Morgan fingerprint density at radius 2 is 1.28 bits per heavy atom. The van der Waals surface area contributed by atoms with Crippen LogP contribution in [0.15, 0.2) is 60.7 Å². The summed E-state index contributed by atoms with van der Waals surface area (Å²) in [6.07, 6.45) is 14.0. The molecule has 2 aromatic rings. The SMILES string of the molecule is CCCCCCCCCCCCN1CC(C)[N+](Cc2ccccc2)=C1c1ccccc1.[Br-]. The summed E-state index contributed by atoms with van der Waals surface area (Å²) in [4.78, 5) is 2.65. The van der Waals surface area contributed by atoms with Crippen molar-refractivity contribution in [2.45, 2.75) is 90.6 Å². The second kappa shape index (κ2) is 15.3. The topological polar surface area (TPSA) is 6.25 Å². The van der Waals surface area contributed by atoms with Gasteiger partial charge in [-0.1, -0.05) is 107 Å². The Labute approximate surface area is 207 Å². The second-order valence-electron chi connectivity index (χ2n) is 9.28. The summed E-state index contributed by atoms with van der Waals surface area (Å²) in [6, 6.07) is 22.5. The number of unbranched alkanes of at least 4 members (excludes halogenated alkanes) is 9. The first-order valence-corrected chi connectivity index (χ1v) is 12.8. The zero-order valence-electron chi connectivity index (χ0n) is 20.3. The average Bonchev–Trinajstić information content (AvgIpc) is 3.11. The van der Waals surface area contributed by atoms with Crippen LogP contribution in [0.5, 0.6) is 0 Å². The maximum Gasteiger partial charge on any atom is 0.280 e. The maximum absolute atomic E-state index is 2.65. The van der Waals surface area contributed by atoms with E-state index in [4.69, 9.17) is 0 Å². The third kappa shape index (κ3) is 8.39. The highest BCUT2D eigenvalue weighted by Crippen LogP contribution is 2.19. The summed E-state index contributed by atoms with van der Waals surface area (Å²) in [5.41, 5.74) is 2.75. The lowest BCUT2D eigenvalue weighted by atomic mass is 10.1. The monoisotopic (exact) mass is 498 g/mol. The van der Waals surface area contributed by atoms with E-state index in [-0.39, 0.29) is 17.0 Å². The highest BCUT2D eigenvalue weighted by molar-refractivity contribution is 5.95. The molecule has 1 aliphatic rings. The lowest BCUT2D eigenvalue weighted by Gasteiger charge is -2.14. The summed E-state index contributed by atoms with van der Waals surface area (Å²) in [7, 11) is 0. The van der Waals surface area contributed by atoms with Crippen molar-refractivity contribution >= 4 is 5.84 Å². The summed E-state index contributed by atoms with van der Waals surface area (Å²) >= 11 is 0. The molecule has 0 spiro atoms. The second-order valence-corrected chi connectivity index (χ2v) is 9.28. The number of hydrogen-bond acceptors (Lipinski definition) is 1. The molecule has 0 saturated carbocycles. The first-order valence-electron chi connectivity index (χ1n) is 12.8. The van der Waals surface area contributed by atoms with Gasteiger partial charge in [-0.05, 0) is 37.5 Å². The van der Waals surface area contributed by atoms with Gasteiger partial charge in [-0.25, -0.2) is 0 Å². The minimum absolute atomic E-state index is 0. The molecule has 1 heterocycles. The molecule has 0 aromatic heterocycles. The van der Waals surface area contributed by atoms with Crippen molar-refractivity contribution in [2.75, 3.05) is 13.1 Å². The molecule has 0 radical (unpaired) electrons. The normalized spacial score (nSPS) is 15.8. The van der Waals surface area contributed by atoms with E-state index < -0.39 is 0 Å². The largest absolute Gasteiger partial charge is 1.00 e. The van der Waals surface area contributed by atoms with Gasteiger partial charge in [0.05, 0.1) is 12.1 Å². The van der Waals surface area contributed by atoms with Gasteiger partial charge in [-0.15, -0.1) is 0 Å². The van der Waals surface area contributed by atoms with Gasteiger partial charge in [-0.2, -0.15) is 0 Å². The molecular weight excluding hydrogens is 456 g/mol. The molecule has 0 saturated heterocycles. The van der Waals surface area contributed by atoms with Gasteiger partial charge >= 0.3 is 0 Å². The van der Waals surface area contributed by atoms with Gasteiger partial charge in [0, 0.05) is 0 Å². The molecule has 0 N–H and O–H groups in total. The third-order valence-corrected chi connectivity index (χ3v) is 6.60. The summed E-state index contributed by atoms with van der Waals surface area (Å²) in [5.74, 6) is 1.42. The van der Waals surface area contributed by atoms with Gasteiger partial charge in [0.1, 0.15) is 19.1 Å². The number of nitrogens with zero attached hydrogens (tertiary/aromatic N) is 2. The van der Waals surface area contributed by atoms with Crippen LogP contribution < -0.4 is 17.0 Å². The highest BCUT2D eigenvalue weighted by Gasteiger charge is 2.36. The minimum atomic E-state index is 0. The Kier molecular flexibility index (Phi) is 12.7. The summed E-state index contributed by atoms with van der Waals surface area (Å²) in [6.45, 7) is 7.97. The number of halogens is 1. The van der Waals surface area contributed by atoms with Crippen molar-refractivity contribution < 1.29 is 21.6 Å². The third-order valence-electron chi connectivity index (χ3n) is 6.60. The molecule has 3 rings (SSSR count). The Morgan fingerprint density at radius 3 is 1.88 bits per heavy atom. The van der Waals surface area contributed by atoms with Gasteiger partial charge < -0.3 is 17.0 Å². The maximum atomic E-state index is 2.65. The quantitative estimate of drug-likeness (QED) is 0.278. The minimum Gasteiger partial charge on any atom is -1.00 e. The van der Waals surface area contributed by atoms with Gasteiger partial charge in [0.2, 0.25) is 0 Å². The van der Waals surface area contributed by atoms with Crippen molar-refractivity contribution in [3.05, 3.63) is 71.8 Å². The van der Waals surface area contributed by atoms with Gasteiger partial charge in [-0.3, -0.25) is 9.48 Å². The molecule has 1 atom stereocenters. The predicted molar refractivity (Wildman–Crippen MR) is 134 cm³/mol. The first-order chi connectivity index (χ1) is 15.3. The van der Waals surface area contributed by atoms with Crippen LogP contribution in [0, 0.1) is 0 Å². The van der Waals surface area contributed by atoms with E-state index >= 15 is 0 Å². The fourth-order valence-corrected chi connectivity index (χ4v) is 4.83. The van der Waals surface area contributed by atoms with Gasteiger partial charge in [0.15, 0.2) is 0 Å². The van der Waals surface area contributed by atoms with Crippen LogP contribution in [0.3, 0.4) is 0 Å². The fourth-order valence-electron chi connectivity index (χ4n) is 4.83. The highest BCUT2D eigenvalue weighted by atomic mass is 79.9. The Balaban J connectivity index is 0.00000363. The van der Waals surface area contributed by atoms with Crippen LogP contribution >= 0.6 is 0 Å². The lowest BCUT2D eigenvalue weighted by molar-refractivity contribution is -0.567. The Morgan fingerprint density at radius 1 is 0.750 bits per heavy atom. The molecule has 1 aliphatic heterocycles. The van der Waals surface area contributed by atoms with E-state index in [2.05, 4.69) is 84.0 Å². The van der Waals surface area contributed by atoms with Crippen molar-refractivity contribution in [1.82, 2.24) is 4.90 Å². The van der Waals surface area contributed by atoms with Crippen LogP contribution in [0.25, 0.3) is 0 Å². The Bertz CT molecular complexity index is 772. The standard InChI is InChI=1S/C29H43N2.BrH/c1-3-4-5-6-7-8-9-10-11-18-23-30-24-26(2)31(25-27-19-14-12-15-20-27)29(30)28-21-16-13-17-22-28;/h12-17,19-22,26H,3-11,18,23-25H2,1-2H3;1H/q+1;/p-1. The van der Waals surface area contributed by atoms with Crippen molar-refractivity contribution in [1.29, 1.82) is 0 Å². The fraction of sp³-hybridized carbons (Fsp3) is 0.552. The molecule has 1 unspecified atom stereocenters. The molecule has 3 heteroatoms. The van der Waals surface area contributed by atoms with E-state index in [0.717, 1.165) is 13.1 Å². The molecule has 2 aromatic carbocycles. The molecule has 32 heavy (non-hydrogen) atoms. The number of rotatable bonds is 14. The van der Waals surface area contributed by atoms with E-state index in [1.807, 2.05) is 0 Å². The van der Waals surface area contributed by atoms with Crippen molar-refractivity contribution in [3.63, 3.8) is 0 Å². The molecule has 0 amide bonds. The van der Waals surface area contributed by atoms with E-state index in [1.165, 1.54) is 87.7 Å². The van der Waals surface area contributed by atoms with Crippen LogP contribution in [0.2, 0.25) is 0 Å². The smallest absolute Gasteiger partial charge is 0.280 e. The molecule has 176 valence electrons. The number of amidine groups is 1. The molecule has 0 fully saturated rings. The molecular formula is C29H43BrN2. The van der Waals surface area contributed by atoms with E-state index in [0.29, 0.717) is 6.04 Å². The van der Waals surface area contributed by atoms with Crippen LogP contribution in [0.1, 0.15) is 89.2 Å². The Hall–Kier alpha value is -1.61. The van der Waals surface area contributed by atoms with E-state index in [1.54, 1.807) is 0 Å². The molecule has 0 bridgehead atoms. The van der Waals surface area contributed by atoms with Crippen LogP contribution in [-0.4, -0.2) is 34.4 Å². The van der Waals surface area contributed by atoms with Gasteiger partial charge in [0.25, 0.3) is 5.84 Å². The molecule has 0 aliphatic carbocycles. The van der Waals surface area contributed by atoms with E-state index in [9.17, 15) is 0 Å². The summed E-state index contributed by atoms with van der Waals surface area (Å²) < 4.78 is 2.61. The zero-order valence-corrected chi connectivity index (χ0v) is 21.9. The average molecular weight is 500 g/mol. The first kappa shape index (κ1) is 26.6. The van der Waals surface area contributed by atoms with Crippen LogP contribution in [0.4, 0.5) is 0 Å². The number of benzene rings is 2.